The number of carbonyl (C=O) groups is 2. The Labute approximate surface area is 182 Å². The molecule has 0 atom stereocenters. The van der Waals surface area contributed by atoms with Gasteiger partial charge >= 0.3 is 5.97 Å². The molecule has 0 radical (unpaired) electrons. The second-order valence-corrected chi connectivity index (χ2v) is 7.53. The van der Waals surface area contributed by atoms with Gasteiger partial charge in [-0.05, 0) is 67.2 Å². The number of carboxylic acids is 1. The van der Waals surface area contributed by atoms with E-state index < -0.39 is 5.97 Å². The van der Waals surface area contributed by atoms with Crippen LogP contribution in [0, 0.1) is 0 Å². The Bertz CT molecular complexity index is 1190. The molecule has 156 valence electrons. The van der Waals surface area contributed by atoms with Crippen LogP contribution < -0.4 is 10.1 Å². The minimum absolute atomic E-state index is 0.176. The summed E-state index contributed by atoms with van der Waals surface area (Å²) >= 11 is 1.22. The highest BCUT2D eigenvalue weighted by Crippen LogP contribution is 2.30. The Morgan fingerprint density at radius 3 is 2.74 bits per heavy atom. The number of aromatic carboxylic acids is 1. The molecule has 0 aliphatic carbocycles. The molecule has 0 saturated carbocycles. The number of carbonyl (C=O) groups excluding carboxylic acids is 1. The Hall–Kier alpha value is -3.78. The zero-order chi connectivity index (χ0) is 21.8. The van der Waals surface area contributed by atoms with Crippen molar-refractivity contribution in [3.63, 3.8) is 0 Å². The molecule has 0 unspecified atom stereocenters. The van der Waals surface area contributed by atoms with Crippen molar-refractivity contribution in [1.29, 1.82) is 0 Å². The number of benzene rings is 2. The van der Waals surface area contributed by atoms with E-state index in [1.54, 1.807) is 30.3 Å². The normalized spacial score (nSPS) is 16.0. The third-order valence-electron chi connectivity index (χ3n) is 4.32. The summed E-state index contributed by atoms with van der Waals surface area (Å²) in [5, 5.41) is 12.4. The zero-order valence-corrected chi connectivity index (χ0v) is 17.3. The topological polar surface area (TPSA) is 101 Å². The van der Waals surface area contributed by atoms with Crippen LogP contribution in [0.15, 0.2) is 75.0 Å². The molecule has 0 spiro atoms. The zero-order valence-electron chi connectivity index (χ0n) is 16.5. The van der Waals surface area contributed by atoms with E-state index in [2.05, 4.69) is 10.3 Å². The van der Waals surface area contributed by atoms with Crippen LogP contribution in [0.3, 0.4) is 0 Å². The summed E-state index contributed by atoms with van der Waals surface area (Å²) < 4.78 is 11.2. The van der Waals surface area contributed by atoms with Gasteiger partial charge in [0.1, 0.15) is 17.3 Å². The Morgan fingerprint density at radius 1 is 1.19 bits per heavy atom. The van der Waals surface area contributed by atoms with Crippen LogP contribution in [0.25, 0.3) is 17.4 Å². The third-order valence-corrected chi connectivity index (χ3v) is 5.23. The van der Waals surface area contributed by atoms with Gasteiger partial charge in [0.05, 0.1) is 22.8 Å². The first-order valence-corrected chi connectivity index (χ1v) is 10.3. The average Bonchev–Trinajstić information content (AvgIpc) is 3.37. The summed E-state index contributed by atoms with van der Waals surface area (Å²) in [6.45, 7) is 2.51. The highest BCUT2D eigenvalue weighted by molar-refractivity contribution is 8.18. The van der Waals surface area contributed by atoms with Gasteiger partial charge in [-0.15, -0.1) is 0 Å². The SMILES string of the molecule is CCOc1ccc(N=C2NC(=O)/C(=C\c3ccc(-c4cccc(C(=O)O)c4)o3)S2)cc1. The van der Waals surface area contributed by atoms with E-state index in [1.807, 2.05) is 31.2 Å². The van der Waals surface area contributed by atoms with Gasteiger partial charge in [-0.2, -0.15) is 0 Å². The molecule has 7 nitrogen and oxygen atoms in total. The Balaban J connectivity index is 1.50. The van der Waals surface area contributed by atoms with Crippen molar-refractivity contribution in [2.45, 2.75) is 6.92 Å². The van der Waals surface area contributed by atoms with Gasteiger partial charge in [0, 0.05) is 11.6 Å². The van der Waals surface area contributed by atoms with Gasteiger partial charge < -0.3 is 19.6 Å². The summed E-state index contributed by atoms with van der Waals surface area (Å²) in [6, 6.07) is 17.2. The molecule has 0 bridgehead atoms. The Morgan fingerprint density at radius 2 is 2.00 bits per heavy atom. The summed E-state index contributed by atoms with van der Waals surface area (Å²) in [7, 11) is 0. The van der Waals surface area contributed by atoms with Gasteiger partial charge in [0.2, 0.25) is 0 Å². The monoisotopic (exact) mass is 434 g/mol. The number of hydrogen-bond acceptors (Lipinski definition) is 6. The molecule has 2 heterocycles. The summed E-state index contributed by atoms with van der Waals surface area (Å²) in [5.74, 6) is 0.490. The molecule has 1 fully saturated rings. The molecule has 4 rings (SSSR count). The van der Waals surface area contributed by atoms with Crippen LogP contribution in [0.4, 0.5) is 5.69 Å². The molecule has 2 aromatic carbocycles. The van der Waals surface area contributed by atoms with Crippen LogP contribution in [0.2, 0.25) is 0 Å². The number of furan rings is 1. The van der Waals surface area contributed by atoms with E-state index in [4.69, 9.17) is 14.3 Å². The van der Waals surface area contributed by atoms with Gasteiger partial charge in [-0.25, -0.2) is 9.79 Å². The van der Waals surface area contributed by atoms with Crippen molar-refractivity contribution in [2.75, 3.05) is 6.61 Å². The minimum atomic E-state index is -1.01. The molecule has 3 aromatic rings. The highest BCUT2D eigenvalue weighted by Gasteiger charge is 2.24. The number of hydrogen-bond donors (Lipinski definition) is 2. The smallest absolute Gasteiger partial charge is 0.335 e. The van der Waals surface area contributed by atoms with Crippen molar-refractivity contribution in [3.05, 3.63) is 76.9 Å². The fourth-order valence-electron chi connectivity index (χ4n) is 2.90. The first kappa shape index (κ1) is 20.5. The lowest BCUT2D eigenvalue weighted by atomic mass is 10.1. The maximum atomic E-state index is 12.3. The highest BCUT2D eigenvalue weighted by atomic mass is 32.2. The molecule has 1 aromatic heterocycles. The van der Waals surface area contributed by atoms with Crippen LogP contribution in [-0.2, 0) is 4.79 Å². The van der Waals surface area contributed by atoms with Crippen LogP contribution in [0.5, 0.6) is 5.75 Å². The van der Waals surface area contributed by atoms with Crippen LogP contribution >= 0.6 is 11.8 Å². The predicted octanol–water partition coefficient (Wildman–Crippen LogP) is 4.94. The maximum Gasteiger partial charge on any atom is 0.335 e. The van der Waals surface area contributed by atoms with Crippen LogP contribution in [0.1, 0.15) is 23.0 Å². The lowest BCUT2D eigenvalue weighted by molar-refractivity contribution is -0.115. The van der Waals surface area contributed by atoms with Crippen molar-refractivity contribution in [2.24, 2.45) is 4.99 Å². The van der Waals surface area contributed by atoms with E-state index in [-0.39, 0.29) is 11.5 Å². The van der Waals surface area contributed by atoms with Gasteiger partial charge in [0.15, 0.2) is 5.17 Å². The van der Waals surface area contributed by atoms with E-state index in [1.165, 1.54) is 23.9 Å². The number of thioether (sulfide) groups is 1. The lowest BCUT2D eigenvalue weighted by Gasteiger charge is -2.02. The average molecular weight is 434 g/mol. The number of amides is 1. The first-order valence-electron chi connectivity index (χ1n) is 9.48. The molecule has 1 aliphatic heterocycles. The van der Waals surface area contributed by atoms with Crippen molar-refractivity contribution < 1.29 is 23.8 Å². The second kappa shape index (κ2) is 8.93. The minimum Gasteiger partial charge on any atom is -0.494 e. The molecule has 2 N–H and O–H groups in total. The lowest BCUT2D eigenvalue weighted by Crippen LogP contribution is -2.19. The number of amidine groups is 1. The summed E-state index contributed by atoms with van der Waals surface area (Å²) in [4.78, 5) is 28.4. The summed E-state index contributed by atoms with van der Waals surface area (Å²) in [5.41, 5.74) is 1.52. The largest absolute Gasteiger partial charge is 0.494 e. The molecule has 1 amide bonds. The molecular weight excluding hydrogens is 416 g/mol. The fourth-order valence-corrected chi connectivity index (χ4v) is 3.72. The number of carboxylic acid groups (broad SMARTS) is 1. The van der Waals surface area contributed by atoms with E-state index in [0.717, 1.165) is 5.75 Å². The number of nitrogens with one attached hydrogen (secondary N) is 1. The molecule has 8 heteroatoms. The molecule has 1 aliphatic rings. The number of rotatable bonds is 6. The quantitative estimate of drug-likeness (QED) is 0.533. The van der Waals surface area contributed by atoms with E-state index in [0.29, 0.717) is 39.5 Å². The predicted molar refractivity (Wildman–Crippen MR) is 120 cm³/mol. The van der Waals surface area contributed by atoms with Crippen molar-refractivity contribution in [3.8, 4) is 17.1 Å². The van der Waals surface area contributed by atoms with Gasteiger partial charge in [-0.3, -0.25) is 4.79 Å². The third kappa shape index (κ3) is 4.87. The first-order chi connectivity index (χ1) is 15.0. The Kier molecular flexibility index (Phi) is 5.90. The summed E-state index contributed by atoms with van der Waals surface area (Å²) in [6.07, 6.45) is 1.63. The number of ether oxygens (including phenoxy) is 1. The molecular formula is C23H18N2O5S. The van der Waals surface area contributed by atoms with Crippen molar-refractivity contribution in [1.82, 2.24) is 5.32 Å². The van der Waals surface area contributed by atoms with Crippen molar-refractivity contribution >= 4 is 40.6 Å². The van der Waals surface area contributed by atoms with Crippen LogP contribution in [-0.4, -0.2) is 28.8 Å². The molecule has 1 saturated heterocycles. The van der Waals surface area contributed by atoms with Gasteiger partial charge in [0.25, 0.3) is 5.91 Å². The molecule has 31 heavy (non-hydrogen) atoms. The fraction of sp³-hybridized carbons (Fsp3) is 0.0870. The maximum absolute atomic E-state index is 12.3. The number of nitrogens with zero attached hydrogens (tertiary/aromatic N) is 1. The van der Waals surface area contributed by atoms with E-state index >= 15 is 0 Å². The van der Waals surface area contributed by atoms with E-state index in [9.17, 15) is 9.59 Å². The second-order valence-electron chi connectivity index (χ2n) is 6.50. The van der Waals surface area contributed by atoms with Gasteiger partial charge in [-0.1, -0.05) is 12.1 Å². The standard InChI is InChI=1S/C23H18N2O5S/c1-2-29-17-8-6-16(7-9-17)24-23-25-21(26)20(31-23)13-18-10-11-19(30-18)14-4-3-5-15(12-14)22(27)28/h3-13H,2H2,1H3,(H,27,28)(H,24,25,26)/b20-13+. The number of aliphatic imine (C=N–C) groups is 1.